The lowest BCUT2D eigenvalue weighted by Gasteiger charge is -2.38. The molecule has 1 aromatic carbocycles. The summed E-state index contributed by atoms with van der Waals surface area (Å²) in [6, 6.07) is 6.84. The van der Waals surface area contributed by atoms with Crippen LogP contribution in [0.2, 0.25) is 18.1 Å². The molecule has 1 rings (SSSR count). The fourth-order valence-electron chi connectivity index (χ4n) is 1.96. The Hall–Kier alpha value is -0.693. The van der Waals surface area contributed by atoms with Crippen molar-refractivity contribution in [2.24, 2.45) is 0 Å². The van der Waals surface area contributed by atoms with E-state index < -0.39 is 18.4 Å². The predicted molar refractivity (Wildman–Crippen MR) is 96.7 cm³/mol. The predicted octanol–water partition coefficient (Wildman–Crippen LogP) is 4.50. The van der Waals surface area contributed by atoms with Crippen molar-refractivity contribution >= 4 is 18.4 Å². The lowest BCUT2D eigenvalue weighted by Crippen LogP contribution is -2.43. The zero-order valence-electron chi connectivity index (χ0n) is 15.3. The minimum atomic E-state index is -3.70. The van der Waals surface area contributed by atoms with Crippen LogP contribution in [0.5, 0.6) is 0 Å². The lowest BCUT2D eigenvalue weighted by molar-refractivity contribution is 0.163. The van der Waals surface area contributed by atoms with Gasteiger partial charge in [0.25, 0.3) is 10.1 Å². The van der Waals surface area contributed by atoms with Crippen LogP contribution in [0.1, 0.15) is 39.7 Å². The third kappa shape index (κ3) is 5.71. The van der Waals surface area contributed by atoms with Crippen molar-refractivity contribution in [1.29, 1.82) is 0 Å². The van der Waals surface area contributed by atoms with Gasteiger partial charge in [-0.2, -0.15) is 8.42 Å². The number of hydrogen-bond acceptors (Lipinski definition) is 4. The minimum Gasteiger partial charge on any atom is -0.414 e. The smallest absolute Gasteiger partial charge is 0.297 e. The molecule has 0 N–H and O–H groups in total. The Morgan fingerprint density at radius 2 is 1.74 bits per heavy atom. The van der Waals surface area contributed by atoms with Gasteiger partial charge in [0.15, 0.2) is 8.32 Å². The summed E-state index contributed by atoms with van der Waals surface area (Å²) in [5.74, 6) is 0. The minimum absolute atomic E-state index is 0.0250. The van der Waals surface area contributed by atoms with Crippen molar-refractivity contribution in [3.63, 3.8) is 0 Å². The highest BCUT2D eigenvalue weighted by atomic mass is 32.2. The van der Waals surface area contributed by atoms with Crippen LogP contribution in [-0.2, 0) is 18.7 Å². The van der Waals surface area contributed by atoms with Crippen LogP contribution in [0.3, 0.4) is 0 Å². The van der Waals surface area contributed by atoms with E-state index in [0.29, 0.717) is 12.0 Å². The maximum absolute atomic E-state index is 12.2. The largest absolute Gasteiger partial charge is 0.414 e. The summed E-state index contributed by atoms with van der Waals surface area (Å²) in [7, 11) is -5.54. The molecule has 0 aliphatic carbocycles. The van der Waals surface area contributed by atoms with E-state index in [0.717, 1.165) is 0 Å². The van der Waals surface area contributed by atoms with Crippen molar-refractivity contribution in [3.8, 4) is 0 Å². The summed E-state index contributed by atoms with van der Waals surface area (Å²) in [5, 5.41) is 0.134. The Morgan fingerprint density at radius 1 is 1.17 bits per heavy atom. The van der Waals surface area contributed by atoms with Crippen LogP contribution in [0.4, 0.5) is 0 Å². The summed E-state index contributed by atoms with van der Waals surface area (Å²) in [4.78, 5) is 0.234. The molecule has 0 saturated heterocycles. The second kappa shape index (κ2) is 7.47. The molecule has 0 aromatic heterocycles. The molecule has 0 heterocycles. The van der Waals surface area contributed by atoms with Crippen molar-refractivity contribution < 1.29 is 17.0 Å². The van der Waals surface area contributed by atoms with Crippen molar-refractivity contribution in [3.05, 3.63) is 29.8 Å². The van der Waals surface area contributed by atoms with Gasteiger partial charge < -0.3 is 4.43 Å². The molecule has 1 atom stereocenters. The molecule has 0 aliphatic rings. The Kier molecular flexibility index (Phi) is 6.61. The van der Waals surface area contributed by atoms with Gasteiger partial charge in [0.1, 0.15) is 0 Å². The number of hydrogen-bond donors (Lipinski definition) is 0. The Morgan fingerprint density at radius 3 is 2.26 bits per heavy atom. The van der Waals surface area contributed by atoms with Gasteiger partial charge in [-0.15, -0.1) is 0 Å². The van der Waals surface area contributed by atoms with E-state index in [1.807, 2.05) is 13.0 Å². The van der Waals surface area contributed by atoms with E-state index in [2.05, 4.69) is 33.9 Å². The highest BCUT2D eigenvalue weighted by molar-refractivity contribution is 7.86. The first kappa shape index (κ1) is 20.4. The molecule has 0 saturated carbocycles. The highest BCUT2D eigenvalue weighted by Crippen LogP contribution is 2.37. The van der Waals surface area contributed by atoms with Crippen LogP contribution < -0.4 is 0 Å². The third-order valence-corrected chi connectivity index (χ3v) is 10.5. The molecule has 0 fully saturated rings. The molecule has 23 heavy (non-hydrogen) atoms. The van der Waals surface area contributed by atoms with Crippen LogP contribution in [0, 0.1) is 6.92 Å². The number of aryl methyl sites for hydroxylation is 1. The number of benzene rings is 1. The van der Waals surface area contributed by atoms with Gasteiger partial charge in [-0.1, -0.05) is 39.0 Å². The van der Waals surface area contributed by atoms with Crippen molar-refractivity contribution in [2.45, 2.75) is 70.2 Å². The first-order valence-corrected chi connectivity index (χ1v) is 12.3. The summed E-state index contributed by atoms with van der Waals surface area (Å²) in [5.41, 5.74) is 0.693. The van der Waals surface area contributed by atoms with Gasteiger partial charge in [-0.3, -0.25) is 4.18 Å². The molecular weight excluding hydrogens is 328 g/mol. The summed E-state index contributed by atoms with van der Waals surface area (Å²) >= 11 is 0. The molecule has 0 spiro atoms. The lowest BCUT2D eigenvalue weighted by atomic mass is 10.2. The van der Waals surface area contributed by atoms with Gasteiger partial charge in [-0.05, 0) is 50.0 Å². The quantitative estimate of drug-likeness (QED) is 0.532. The monoisotopic (exact) mass is 358 g/mol. The number of rotatable bonds is 7. The van der Waals surface area contributed by atoms with Crippen LogP contribution in [0.15, 0.2) is 29.2 Å². The van der Waals surface area contributed by atoms with E-state index in [-0.39, 0.29) is 22.6 Å². The molecule has 6 heteroatoms. The second-order valence-electron chi connectivity index (χ2n) is 7.52. The Labute approximate surface area is 142 Å². The Bertz CT molecular complexity index is 618. The van der Waals surface area contributed by atoms with E-state index in [9.17, 15) is 8.42 Å². The standard InChI is InChI=1S/C17H30O4SSi/c1-14-10-8-9-11-16(14)22(18,19)20-13-12-15(2)21-23(6,7)17(3,4)5/h8-11,15H,12-13H2,1-7H3/t15-/m1/s1. The van der Waals surface area contributed by atoms with Crippen LogP contribution in [-0.4, -0.2) is 29.4 Å². The van der Waals surface area contributed by atoms with Gasteiger partial charge in [0.05, 0.1) is 11.5 Å². The average Bonchev–Trinajstić information content (AvgIpc) is 2.36. The van der Waals surface area contributed by atoms with Gasteiger partial charge in [0.2, 0.25) is 0 Å². The van der Waals surface area contributed by atoms with Gasteiger partial charge in [0, 0.05) is 6.10 Å². The molecule has 0 amide bonds. The molecule has 1 aromatic rings. The molecule has 0 aliphatic heterocycles. The normalized spacial score (nSPS) is 14.7. The molecular formula is C17H30O4SSi. The SMILES string of the molecule is Cc1ccccc1S(=O)(=O)OCC[C@@H](C)O[Si](C)(C)C(C)(C)C. The molecule has 0 bridgehead atoms. The van der Waals surface area contributed by atoms with E-state index in [4.69, 9.17) is 8.61 Å². The molecule has 4 nitrogen and oxygen atoms in total. The highest BCUT2D eigenvalue weighted by Gasteiger charge is 2.38. The maximum atomic E-state index is 12.2. The first-order chi connectivity index (χ1) is 10.4. The fraction of sp³-hybridized carbons (Fsp3) is 0.647. The van der Waals surface area contributed by atoms with Crippen molar-refractivity contribution in [2.75, 3.05) is 6.61 Å². The zero-order chi connectivity index (χ0) is 17.9. The summed E-state index contributed by atoms with van der Waals surface area (Å²) in [6.45, 7) is 14.8. The zero-order valence-corrected chi connectivity index (χ0v) is 17.2. The van der Waals surface area contributed by atoms with E-state index in [1.165, 1.54) is 0 Å². The summed E-state index contributed by atoms with van der Waals surface area (Å²) < 4.78 is 35.8. The molecule has 0 radical (unpaired) electrons. The molecule has 0 unspecified atom stereocenters. The van der Waals surface area contributed by atoms with Crippen LogP contribution >= 0.6 is 0 Å². The van der Waals surface area contributed by atoms with Gasteiger partial charge in [-0.25, -0.2) is 0 Å². The molecule has 132 valence electrons. The second-order valence-corrected chi connectivity index (χ2v) is 13.9. The van der Waals surface area contributed by atoms with E-state index >= 15 is 0 Å². The Balaban J connectivity index is 2.59. The maximum Gasteiger partial charge on any atom is 0.297 e. The average molecular weight is 359 g/mol. The third-order valence-electron chi connectivity index (χ3n) is 4.43. The fourth-order valence-corrected chi connectivity index (χ4v) is 4.59. The first-order valence-electron chi connectivity index (χ1n) is 8.00. The van der Waals surface area contributed by atoms with E-state index in [1.54, 1.807) is 25.1 Å². The summed E-state index contributed by atoms with van der Waals surface area (Å²) in [6.07, 6.45) is 0.528. The van der Waals surface area contributed by atoms with Gasteiger partial charge >= 0.3 is 0 Å². The topological polar surface area (TPSA) is 52.6 Å². The van der Waals surface area contributed by atoms with Crippen molar-refractivity contribution in [1.82, 2.24) is 0 Å². The van der Waals surface area contributed by atoms with Crippen LogP contribution in [0.25, 0.3) is 0 Å².